The topological polar surface area (TPSA) is 51.1 Å². The van der Waals surface area contributed by atoms with Gasteiger partial charge in [0.1, 0.15) is 5.69 Å². The lowest BCUT2D eigenvalue weighted by Crippen LogP contribution is -2.22. The molecule has 0 radical (unpaired) electrons. The monoisotopic (exact) mass is 178 g/mol. The Morgan fingerprint density at radius 2 is 2.38 bits per heavy atom. The van der Waals surface area contributed by atoms with Crippen LogP contribution in [0.25, 0.3) is 0 Å². The van der Waals surface area contributed by atoms with Gasteiger partial charge in [0.05, 0.1) is 0 Å². The van der Waals surface area contributed by atoms with E-state index in [-0.39, 0.29) is 17.2 Å². The average Bonchev–Trinajstić information content (AvgIpc) is 2.13. The van der Waals surface area contributed by atoms with Gasteiger partial charge in [-0.2, -0.15) is 0 Å². The largest absolute Gasteiger partial charge is 0.318 e. The number of carbonyl (C=O) groups excluding carboxylic acids is 1. The van der Waals surface area contributed by atoms with Gasteiger partial charge >= 0.3 is 0 Å². The summed E-state index contributed by atoms with van der Waals surface area (Å²) in [5, 5.41) is 2.41. The van der Waals surface area contributed by atoms with Gasteiger partial charge < -0.3 is 9.88 Å². The predicted molar refractivity (Wildman–Crippen MR) is 50.5 cm³/mol. The van der Waals surface area contributed by atoms with E-state index in [1.54, 1.807) is 25.4 Å². The summed E-state index contributed by atoms with van der Waals surface area (Å²) in [5.41, 5.74) is 0.0209. The Kier molecular flexibility index (Phi) is 2.64. The Hall–Kier alpha value is -1.84. The Morgan fingerprint density at radius 1 is 1.69 bits per heavy atom. The predicted octanol–water partition coefficient (Wildman–Crippen LogP) is 0.510. The normalized spacial score (nSPS) is 9.31. The third-order valence-electron chi connectivity index (χ3n) is 1.57. The van der Waals surface area contributed by atoms with Crippen molar-refractivity contribution in [2.45, 2.75) is 0 Å². The SMILES string of the molecule is C=CC(=O)Nc1cccn(C)c1=O. The number of anilines is 1. The molecule has 0 aliphatic carbocycles. The number of nitrogens with zero attached hydrogens (tertiary/aromatic N) is 1. The Balaban J connectivity index is 3.02. The maximum absolute atomic E-state index is 11.3. The first-order valence-corrected chi connectivity index (χ1v) is 3.74. The molecule has 1 heterocycles. The summed E-state index contributed by atoms with van der Waals surface area (Å²) in [4.78, 5) is 22.2. The molecule has 0 bridgehead atoms. The first-order valence-electron chi connectivity index (χ1n) is 3.74. The Labute approximate surface area is 75.5 Å². The molecular weight excluding hydrogens is 168 g/mol. The van der Waals surface area contributed by atoms with Crippen LogP contribution in [0, 0.1) is 0 Å². The number of pyridine rings is 1. The minimum absolute atomic E-state index is 0.238. The summed E-state index contributed by atoms with van der Waals surface area (Å²) in [6.45, 7) is 3.29. The number of rotatable bonds is 2. The summed E-state index contributed by atoms with van der Waals surface area (Å²) < 4.78 is 1.39. The molecule has 1 rings (SSSR count). The lowest BCUT2D eigenvalue weighted by Gasteiger charge is -2.02. The number of aryl methyl sites for hydroxylation is 1. The first kappa shape index (κ1) is 9.25. The standard InChI is InChI=1S/C9H10N2O2/c1-3-8(12)10-7-5-4-6-11(2)9(7)13/h3-6H,1H2,2H3,(H,10,12). The van der Waals surface area contributed by atoms with Crippen LogP contribution < -0.4 is 10.9 Å². The van der Waals surface area contributed by atoms with E-state index in [0.717, 1.165) is 6.08 Å². The van der Waals surface area contributed by atoms with Gasteiger partial charge in [-0.1, -0.05) is 6.58 Å². The van der Waals surface area contributed by atoms with Crippen molar-refractivity contribution in [1.82, 2.24) is 4.57 Å². The van der Waals surface area contributed by atoms with E-state index >= 15 is 0 Å². The molecule has 1 N–H and O–H groups in total. The molecule has 4 heteroatoms. The summed E-state index contributed by atoms with van der Waals surface area (Å²) in [7, 11) is 1.62. The summed E-state index contributed by atoms with van der Waals surface area (Å²) in [6, 6.07) is 3.23. The molecule has 1 amide bonds. The van der Waals surface area contributed by atoms with E-state index in [2.05, 4.69) is 11.9 Å². The van der Waals surface area contributed by atoms with E-state index in [1.165, 1.54) is 4.57 Å². The van der Waals surface area contributed by atoms with Crippen molar-refractivity contribution in [3.8, 4) is 0 Å². The number of hydrogen-bond acceptors (Lipinski definition) is 2. The summed E-state index contributed by atoms with van der Waals surface area (Å²) in [6.07, 6.45) is 2.73. The van der Waals surface area contributed by atoms with E-state index in [9.17, 15) is 9.59 Å². The average molecular weight is 178 g/mol. The zero-order valence-electron chi connectivity index (χ0n) is 7.28. The highest BCUT2D eigenvalue weighted by molar-refractivity contribution is 5.98. The van der Waals surface area contributed by atoms with E-state index in [1.807, 2.05) is 0 Å². The molecule has 0 aromatic carbocycles. The van der Waals surface area contributed by atoms with Gasteiger partial charge in [-0.3, -0.25) is 9.59 Å². The Bertz CT molecular complexity index is 393. The number of carbonyl (C=O) groups is 1. The smallest absolute Gasteiger partial charge is 0.274 e. The van der Waals surface area contributed by atoms with Gasteiger partial charge in [-0.05, 0) is 18.2 Å². The van der Waals surface area contributed by atoms with Crippen LogP contribution in [0.1, 0.15) is 0 Å². The molecule has 1 aromatic heterocycles. The maximum Gasteiger partial charge on any atom is 0.274 e. The lowest BCUT2D eigenvalue weighted by molar-refractivity contribution is -0.111. The van der Waals surface area contributed by atoms with Crippen LogP contribution in [0.3, 0.4) is 0 Å². The van der Waals surface area contributed by atoms with E-state index < -0.39 is 0 Å². The zero-order valence-corrected chi connectivity index (χ0v) is 7.28. The molecule has 0 fully saturated rings. The van der Waals surface area contributed by atoms with Crippen LogP contribution in [0.5, 0.6) is 0 Å². The van der Waals surface area contributed by atoms with Crippen molar-refractivity contribution < 1.29 is 4.79 Å². The number of aromatic nitrogens is 1. The van der Waals surface area contributed by atoms with Crippen molar-refractivity contribution in [3.63, 3.8) is 0 Å². The number of amides is 1. The fourth-order valence-corrected chi connectivity index (χ4v) is 0.876. The third-order valence-corrected chi connectivity index (χ3v) is 1.57. The second-order valence-corrected chi connectivity index (χ2v) is 2.53. The molecule has 1 aromatic rings. The second kappa shape index (κ2) is 3.71. The highest BCUT2D eigenvalue weighted by Crippen LogP contribution is 1.96. The summed E-state index contributed by atoms with van der Waals surface area (Å²) >= 11 is 0. The molecule has 13 heavy (non-hydrogen) atoms. The fourth-order valence-electron chi connectivity index (χ4n) is 0.876. The van der Waals surface area contributed by atoms with Crippen LogP contribution in [0.2, 0.25) is 0 Å². The second-order valence-electron chi connectivity index (χ2n) is 2.53. The van der Waals surface area contributed by atoms with E-state index in [0.29, 0.717) is 0 Å². The molecule has 0 saturated carbocycles. The highest BCUT2D eigenvalue weighted by atomic mass is 16.2. The highest BCUT2D eigenvalue weighted by Gasteiger charge is 2.01. The lowest BCUT2D eigenvalue weighted by atomic mass is 10.4. The minimum Gasteiger partial charge on any atom is -0.318 e. The fraction of sp³-hybridized carbons (Fsp3) is 0.111. The van der Waals surface area contributed by atoms with Crippen molar-refractivity contribution >= 4 is 11.6 Å². The first-order chi connectivity index (χ1) is 6.15. The molecular formula is C9H10N2O2. The van der Waals surface area contributed by atoms with Gasteiger partial charge in [0, 0.05) is 13.2 Å². The van der Waals surface area contributed by atoms with Crippen LogP contribution in [-0.2, 0) is 11.8 Å². The van der Waals surface area contributed by atoms with Crippen LogP contribution in [0.4, 0.5) is 5.69 Å². The van der Waals surface area contributed by atoms with Gasteiger partial charge in [-0.15, -0.1) is 0 Å². The minimum atomic E-state index is -0.386. The van der Waals surface area contributed by atoms with Crippen LogP contribution in [-0.4, -0.2) is 10.5 Å². The van der Waals surface area contributed by atoms with Crippen molar-refractivity contribution in [2.75, 3.05) is 5.32 Å². The number of nitrogens with one attached hydrogen (secondary N) is 1. The molecule has 0 unspecified atom stereocenters. The maximum atomic E-state index is 11.3. The molecule has 0 aliphatic rings. The molecule has 68 valence electrons. The summed E-state index contributed by atoms with van der Waals surface area (Å²) in [5.74, 6) is -0.386. The van der Waals surface area contributed by atoms with Crippen molar-refractivity contribution in [3.05, 3.63) is 41.3 Å². The van der Waals surface area contributed by atoms with Crippen molar-refractivity contribution in [2.24, 2.45) is 7.05 Å². The Morgan fingerprint density at radius 3 is 3.00 bits per heavy atom. The van der Waals surface area contributed by atoms with Gasteiger partial charge in [0.25, 0.3) is 5.56 Å². The quantitative estimate of drug-likeness (QED) is 0.671. The molecule has 0 atom stereocenters. The van der Waals surface area contributed by atoms with Gasteiger partial charge in [-0.25, -0.2) is 0 Å². The van der Waals surface area contributed by atoms with Gasteiger partial charge in [0.2, 0.25) is 5.91 Å². The van der Waals surface area contributed by atoms with Gasteiger partial charge in [0.15, 0.2) is 0 Å². The third kappa shape index (κ3) is 2.05. The van der Waals surface area contributed by atoms with Crippen LogP contribution in [0.15, 0.2) is 35.8 Å². The molecule has 0 spiro atoms. The van der Waals surface area contributed by atoms with Crippen LogP contribution >= 0.6 is 0 Å². The van der Waals surface area contributed by atoms with E-state index in [4.69, 9.17) is 0 Å². The molecule has 0 aliphatic heterocycles. The molecule has 0 saturated heterocycles. The number of hydrogen-bond donors (Lipinski definition) is 1. The molecule has 4 nitrogen and oxygen atoms in total. The van der Waals surface area contributed by atoms with Crippen molar-refractivity contribution in [1.29, 1.82) is 0 Å². The zero-order chi connectivity index (χ0) is 9.84.